The first-order chi connectivity index (χ1) is 7.19. The van der Waals surface area contributed by atoms with Gasteiger partial charge in [0.1, 0.15) is 5.82 Å². The molecule has 3 heteroatoms. The molecule has 0 N–H and O–H groups in total. The van der Waals surface area contributed by atoms with Crippen LogP contribution in [0.5, 0.6) is 0 Å². The van der Waals surface area contributed by atoms with E-state index in [2.05, 4.69) is 0 Å². The van der Waals surface area contributed by atoms with Crippen LogP contribution in [0, 0.1) is 23.1 Å². The van der Waals surface area contributed by atoms with Crippen LogP contribution in [0.25, 0.3) is 0 Å². The zero-order valence-corrected chi connectivity index (χ0v) is 8.53. The number of Topliss-reactive ketones (excluding diaryl/α,β-unsaturated/α-hetero) is 1. The van der Waals surface area contributed by atoms with Gasteiger partial charge in [-0.05, 0) is 30.7 Å². The van der Waals surface area contributed by atoms with Crippen molar-refractivity contribution in [2.45, 2.75) is 19.8 Å². The molecule has 0 bridgehead atoms. The summed E-state index contributed by atoms with van der Waals surface area (Å²) in [5, 5.41) is 8.55. The average Bonchev–Trinajstić information content (AvgIpc) is 2.26. The van der Waals surface area contributed by atoms with E-state index >= 15 is 0 Å². The molecule has 78 valence electrons. The number of carbonyl (C=O) groups is 1. The molecule has 0 aliphatic carbocycles. The van der Waals surface area contributed by atoms with Crippen LogP contribution in [0.2, 0.25) is 0 Å². The van der Waals surface area contributed by atoms with Gasteiger partial charge in [0.15, 0.2) is 5.78 Å². The molecular weight excluding hydrogens is 193 g/mol. The van der Waals surface area contributed by atoms with Crippen LogP contribution < -0.4 is 0 Å². The summed E-state index contributed by atoms with van der Waals surface area (Å²) < 4.78 is 12.6. The van der Waals surface area contributed by atoms with Crippen molar-refractivity contribution in [3.63, 3.8) is 0 Å². The van der Waals surface area contributed by atoms with E-state index in [0.717, 1.165) is 0 Å². The monoisotopic (exact) mass is 205 g/mol. The quantitative estimate of drug-likeness (QED) is 0.709. The van der Waals surface area contributed by atoms with Gasteiger partial charge < -0.3 is 0 Å². The normalized spacial score (nSPS) is 11.8. The first kappa shape index (κ1) is 11.4. The number of carbonyl (C=O) groups excluding carboxylic acids is 1. The number of nitriles is 1. The molecule has 0 spiro atoms. The number of hydrogen-bond donors (Lipinski definition) is 0. The van der Waals surface area contributed by atoms with E-state index in [0.29, 0.717) is 12.0 Å². The Hall–Kier alpha value is -1.69. The number of nitrogens with zero attached hydrogens (tertiary/aromatic N) is 1. The highest BCUT2D eigenvalue weighted by molar-refractivity contribution is 5.97. The average molecular weight is 205 g/mol. The Kier molecular flexibility index (Phi) is 3.99. The zero-order chi connectivity index (χ0) is 11.3. The number of hydrogen-bond acceptors (Lipinski definition) is 2. The predicted molar refractivity (Wildman–Crippen MR) is 54.7 cm³/mol. The van der Waals surface area contributed by atoms with Crippen molar-refractivity contribution in [3.05, 3.63) is 35.6 Å². The first-order valence-corrected chi connectivity index (χ1v) is 4.85. The fraction of sp³-hybridized carbons (Fsp3) is 0.333. The van der Waals surface area contributed by atoms with Gasteiger partial charge in [0.25, 0.3) is 0 Å². The maximum Gasteiger partial charge on any atom is 0.166 e. The molecule has 0 amide bonds. The lowest BCUT2D eigenvalue weighted by atomic mass is 9.93. The van der Waals surface area contributed by atoms with Gasteiger partial charge in [-0.1, -0.05) is 6.92 Å². The van der Waals surface area contributed by atoms with Crippen LogP contribution in [-0.4, -0.2) is 5.78 Å². The van der Waals surface area contributed by atoms with E-state index in [4.69, 9.17) is 5.26 Å². The summed E-state index contributed by atoms with van der Waals surface area (Å²) in [6, 6.07) is 7.41. The van der Waals surface area contributed by atoms with E-state index in [1.807, 2.05) is 13.0 Å². The van der Waals surface area contributed by atoms with E-state index in [1.54, 1.807) is 0 Å². The second-order valence-corrected chi connectivity index (χ2v) is 3.34. The fourth-order valence-electron chi connectivity index (χ4n) is 1.38. The largest absolute Gasteiger partial charge is 0.294 e. The minimum atomic E-state index is -0.361. The maximum absolute atomic E-state index is 12.6. The zero-order valence-electron chi connectivity index (χ0n) is 8.53. The Balaban J connectivity index is 2.84. The van der Waals surface area contributed by atoms with E-state index in [-0.39, 0.29) is 23.9 Å². The summed E-state index contributed by atoms with van der Waals surface area (Å²) in [6.45, 7) is 1.86. The number of rotatable bonds is 4. The molecule has 0 radical (unpaired) electrons. The number of benzene rings is 1. The van der Waals surface area contributed by atoms with Crippen LogP contribution >= 0.6 is 0 Å². The van der Waals surface area contributed by atoms with Gasteiger partial charge in [0.05, 0.1) is 6.07 Å². The summed E-state index contributed by atoms with van der Waals surface area (Å²) in [4.78, 5) is 11.8. The van der Waals surface area contributed by atoms with Crippen molar-refractivity contribution in [1.29, 1.82) is 5.26 Å². The highest BCUT2D eigenvalue weighted by Gasteiger charge is 2.17. The molecule has 1 aromatic rings. The molecule has 1 aromatic carbocycles. The van der Waals surface area contributed by atoms with Gasteiger partial charge in [-0.25, -0.2) is 4.39 Å². The Bertz CT molecular complexity index is 378. The van der Waals surface area contributed by atoms with Crippen molar-refractivity contribution in [3.8, 4) is 6.07 Å². The molecule has 0 aliphatic heterocycles. The van der Waals surface area contributed by atoms with E-state index in [1.165, 1.54) is 24.3 Å². The molecule has 15 heavy (non-hydrogen) atoms. The molecular formula is C12H12FNO. The van der Waals surface area contributed by atoms with Crippen LogP contribution in [0.15, 0.2) is 24.3 Å². The molecule has 0 aliphatic rings. The SMILES string of the molecule is CCC(CC#N)C(=O)c1ccc(F)cc1. The summed E-state index contributed by atoms with van der Waals surface area (Å²) in [5.41, 5.74) is 0.471. The lowest BCUT2D eigenvalue weighted by molar-refractivity contribution is 0.0918. The smallest absolute Gasteiger partial charge is 0.166 e. The lowest BCUT2D eigenvalue weighted by Crippen LogP contribution is -2.13. The molecule has 0 saturated heterocycles. The first-order valence-electron chi connectivity index (χ1n) is 4.85. The molecule has 0 saturated carbocycles. The Morgan fingerprint density at radius 1 is 1.47 bits per heavy atom. The second-order valence-electron chi connectivity index (χ2n) is 3.34. The maximum atomic E-state index is 12.6. The molecule has 1 atom stereocenters. The third-order valence-electron chi connectivity index (χ3n) is 2.33. The highest BCUT2D eigenvalue weighted by atomic mass is 19.1. The van der Waals surface area contributed by atoms with Crippen molar-refractivity contribution >= 4 is 5.78 Å². The Morgan fingerprint density at radius 3 is 2.53 bits per heavy atom. The van der Waals surface area contributed by atoms with E-state index in [9.17, 15) is 9.18 Å². The molecule has 0 aromatic heterocycles. The van der Waals surface area contributed by atoms with Crippen molar-refractivity contribution < 1.29 is 9.18 Å². The summed E-state index contributed by atoms with van der Waals surface area (Å²) in [7, 11) is 0. The molecule has 0 heterocycles. The van der Waals surface area contributed by atoms with E-state index < -0.39 is 0 Å². The standard InChI is InChI=1S/C12H12FNO/c1-2-9(7-8-14)12(15)10-3-5-11(13)6-4-10/h3-6,9H,2,7H2,1H3. The third kappa shape index (κ3) is 2.88. The van der Waals surface area contributed by atoms with Crippen LogP contribution in [0.4, 0.5) is 4.39 Å². The second kappa shape index (κ2) is 5.26. The van der Waals surface area contributed by atoms with Gasteiger partial charge in [0.2, 0.25) is 0 Å². The minimum Gasteiger partial charge on any atom is -0.294 e. The summed E-state index contributed by atoms with van der Waals surface area (Å²) in [5.74, 6) is -0.723. The lowest BCUT2D eigenvalue weighted by Gasteiger charge is -2.09. The molecule has 0 fully saturated rings. The van der Waals surface area contributed by atoms with Crippen molar-refractivity contribution in [2.75, 3.05) is 0 Å². The number of ketones is 1. The Labute approximate surface area is 88.3 Å². The van der Waals surface area contributed by atoms with Crippen LogP contribution in [-0.2, 0) is 0 Å². The summed E-state index contributed by atoms with van der Waals surface area (Å²) in [6.07, 6.45) is 0.844. The Morgan fingerprint density at radius 2 is 2.07 bits per heavy atom. The van der Waals surface area contributed by atoms with Gasteiger partial charge in [0, 0.05) is 17.9 Å². The van der Waals surface area contributed by atoms with Crippen molar-refractivity contribution in [1.82, 2.24) is 0 Å². The fourth-order valence-corrected chi connectivity index (χ4v) is 1.38. The minimum absolute atomic E-state index is 0.0842. The summed E-state index contributed by atoms with van der Waals surface area (Å²) >= 11 is 0. The van der Waals surface area contributed by atoms with Crippen molar-refractivity contribution in [2.24, 2.45) is 5.92 Å². The molecule has 2 nitrogen and oxygen atoms in total. The topological polar surface area (TPSA) is 40.9 Å². The predicted octanol–water partition coefficient (Wildman–Crippen LogP) is 2.95. The van der Waals surface area contributed by atoms with Gasteiger partial charge in [-0.3, -0.25) is 4.79 Å². The van der Waals surface area contributed by atoms with Crippen LogP contribution in [0.3, 0.4) is 0 Å². The molecule has 1 rings (SSSR count). The van der Waals surface area contributed by atoms with Gasteiger partial charge >= 0.3 is 0 Å². The highest BCUT2D eigenvalue weighted by Crippen LogP contribution is 2.15. The van der Waals surface area contributed by atoms with Gasteiger partial charge in [-0.15, -0.1) is 0 Å². The molecule has 1 unspecified atom stereocenters. The number of halogens is 1. The third-order valence-corrected chi connectivity index (χ3v) is 2.33. The van der Waals surface area contributed by atoms with Gasteiger partial charge in [-0.2, -0.15) is 5.26 Å². The van der Waals surface area contributed by atoms with Crippen LogP contribution in [0.1, 0.15) is 30.1 Å².